The number of hydrogen-bond donors (Lipinski definition) is 1. The van der Waals surface area contributed by atoms with Gasteiger partial charge in [-0.15, -0.1) is 6.58 Å². The maximum Gasteiger partial charge on any atom is 0.213 e. The summed E-state index contributed by atoms with van der Waals surface area (Å²) in [5, 5.41) is 3.52. The van der Waals surface area contributed by atoms with Crippen molar-refractivity contribution in [2.75, 3.05) is 6.61 Å². The van der Waals surface area contributed by atoms with Crippen LogP contribution in [0.1, 0.15) is 37.4 Å². The van der Waals surface area contributed by atoms with Crippen LogP contribution in [0.15, 0.2) is 24.8 Å². The molecular formula is C15H22N2O. The van der Waals surface area contributed by atoms with Gasteiger partial charge in [-0.3, -0.25) is 0 Å². The molecule has 98 valence electrons. The minimum Gasteiger partial charge on any atom is -0.477 e. The van der Waals surface area contributed by atoms with E-state index in [-0.39, 0.29) is 0 Å². The molecular weight excluding hydrogens is 224 g/mol. The molecule has 0 aliphatic heterocycles. The highest BCUT2D eigenvalue weighted by Crippen LogP contribution is 2.20. The number of ether oxygens (including phenoxy) is 1. The number of aryl methyl sites for hydroxylation is 1. The van der Waals surface area contributed by atoms with Crippen LogP contribution in [0, 0.1) is 0 Å². The molecule has 1 aliphatic carbocycles. The molecule has 0 unspecified atom stereocenters. The zero-order chi connectivity index (χ0) is 12.8. The second-order valence-electron chi connectivity index (χ2n) is 4.74. The van der Waals surface area contributed by atoms with Crippen LogP contribution in [0.5, 0.6) is 5.88 Å². The molecule has 0 atom stereocenters. The zero-order valence-corrected chi connectivity index (χ0v) is 11.1. The first-order chi connectivity index (χ1) is 8.81. The van der Waals surface area contributed by atoms with Gasteiger partial charge in [0.05, 0.1) is 6.61 Å². The summed E-state index contributed by atoms with van der Waals surface area (Å²) in [6.07, 6.45) is 6.28. The molecule has 1 aliphatic rings. The molecule has 2 rings (SSSR count). The summed E-state index contributed by atoms with van der Waals surface area (Å²) in [5.74, 6) is 0.740. The van der Waals surface area contributed by atoms with Crippen molar-refractivity contribution in [3.05, 3.63) is 36.0 Å². The Morgan fingerprint density at radius 2 is 2.33 bits per heavy atom. The zero-order valence-electron chi connectivity index (χ0n) is 11.1. The van der Waals surface area contributed by atoms with Gasteiger partial charge in [0.2, 0.25) is 5.88 Å². The number of nitrogens with one attached hydrogen (secondary N) is 1. The van der Waals surface area contributed by atoms with Gasteiger partial charge in [-0.2, -0.15) is 0 Å². The minimum atomic E-state index is 0.652. The lowest BCUT2D eigenvalue weighted by atomic mass is 10.2. The lowest BCUT2D eigenvalue weighted by Gasteiger charge is -2.09. The first-order valence-electron chi connectivity index (χ1n) is 6.78. The molecule has 3 heteroatoms. The van der Waals surface area contributed by atoms with Crippen molar-refractivity contribution >= 4 is 0 Å². The monoisotopic (exact) mass is 246 g/mol. The maximum atomic E-state index is 5.64. The number of nitrogens with zero attached hydrogens (tertiary/aromatic N) is 1. The number of hydrogen-bond acceptors (Lipinski definition) is 3. The van der Waals surface area contributed by atoms with Gasteiger partial charge in [-0.25, -0.2) is 4.98 Å². The molecule has 0 spiro atoms. The summed E-state index contributed by atoms with van der Waals surface area (Å²) >= 11 is 0. The Morgan fingerprint density at radius 3 is 3.00 bits per heavy atom. The Hall–Kier alpha value is -1.35. The lowest BCUT2D eigenvalue weighted by molar-refractivity contribution is 0.311. The van der Waals surface area contributed by atoms with E-state index in [2.05, 4.69) is 29.9 Å². The van der Waals surface area contributed by atoms with Gasteiger partial charge in [0.1, 0.15) is 0 Å². The maximum absolute atomic E-state index is 5.64. The van der Waals surface area contributed by atoms with E-state index in [1.165, 1.54) is 18.4 Å². The van der Waals surface area contributed by atoms with Crippen LogP contribution in [-0.4, -0.2) is 17.6 Å². The van der Waals surface area contributed by atoms with Crippen LogP contribution in [0.25, 0.3) is 0 Å². The summed E-state index contributed by atoms with van der Waals surface area (Å²) in [6.45, 7) is 7.37. The van der Waals surface area contributed by atoms with Crippen LogP contribution in [0.3, 0.4) is 0 Å². The van der Waals surface area contributed by atoms with E-state index < -0.39 is 0 Å². The van der Waals surface area contributed by atoms with Crippen molar-refractivity contribution < 1.29 is 4.74 Å². The van der Waals surface area contributed by atoms with Gasteiger partial charge >= 0.3 is 0 Å². The number of rotatable bonds is 8. The third-order valence-corrected chi connectivity index (χ3v) is 3.02. The van der Waals surface area contributed by atoms with E-state index in [0.717, 1.165) is 37.0 Å². The van der Waals surface area contributed by atoms with Crippen molar-refractivity contribution in [1.29, 1.82) is 0 Å². The topological polar surface area (TPSA) is 34.1 Å². The number of aromatic nitrogens is 1. The highest BCUT2D eigenvalue weighted by molar-refractivity contribution is 5.25. The average Bonchev–Trinajstić information content (AvgIpc) is 3.20. The SMILES string of the molecule is C=CCCOc1cc(CNC2CC2)cc(CC)n1. The molecule has 1 N–H and O–H groups in total. The fourth-order valence-electron chi connectivity index (χ4n) is 1.77. The highest BCUT2D eigenvalue weighted by Gasteiger charge is 2.20. The highest BCUT2D eigenvalue weighted by atomic mass is 16.5. The summed E-state index contributed by atoms with van der Waals surface area (Å²) in [5.41, 5.74) is 2.36. The van der Waals surface area contributed by atoms with E-state index in [0.29, 0.717) is 6.61 Å². The first-order valence-corrected chi connectivity index (χ1v) is 6.78. The van der Waals surface area contributed by atoms with Crippen molar-refractivity contribution in [1.82, 2.24) is 10.3 Å². The van der Waals surface area contributed by atoms with Crippen molar-refractivity contribution in [2.45, 2.75) is 45.2 Å². The molecule has 1 aromatic rings. The Labute approximate surface area is 109 Å². The minimum absolute atomic E-state index is 0.652. The Balaban J connectivity index is 1.97. The van der Waals surface area contributed by atoms with Crippen LogP contribution in [-0.2, 0) is 13.0 Å². The van der Waals surface area contributed by atoms with E-state index in [1.807, 2.05) is 12.1 Å². The third kappa shape index (κ3) is 4.15. The van der Waals surface area contributed by atoms with Crippen molar-refractivity contribution in [3.8, 4) is 5.88 Å². The van der Waals surface area contributed by atoms with E-state index in [1.54, 1.807) is 0 Å². The molecule has 0 saturated heterocycles. The first kappa shape index (κ1) is 13.1. The predicted octanol–water partition coefficient (Wildman–Crippen LogP) is 2.85. The van der Waals surface area contributed by atoms with Gasteiger partial charge in [0.15, 0.2) is 0 Å². The summed E-state index contributed by atoms with van der Waals surface area (Å²) in [6, 6.07) is 4.93. The second-order valence-corrected chi connectivity index (χ2v) is 4.74. The lowest BCUT2D eigenvalue weighted by Crippen LogP contribution is -2.15. The molecule has 1 aromatic heterocycles. The largest absolute Gasteiger partial charge is 0.477 e. The van der Waals surface area contributed by atoms with Crippen LogP contribution in [0.2, 0.25) is 0 Å². The van der Waals surface area contributed by atoms with Crippen molar-refractivity contribution in [3.63, 3.8) is 0 Å². The van der Waals surface area contributed by atoms with E-state index in [9.17, 15) is 0 Å². The fourth-order valence-corrected chi connectivity index (χ4v) is 1.77. The Morgan fingerprint density at radius 1 is 1.50 bits per heavy atom. The molecule has 18 heavy (non-hydrogen) atoms. The van der Waals surface area contributed by atoms with Gasteiger partial charge in [-0.1, -0.05) is 13.0 Å². The standard InChI is InChI=1S/C15H22N2O/c1-3-5-8-18-15-10-12(9-13(4-2)17-15)11-16-14-6-7-14/h3,9-10,14,16H,1,4-8,11H2,2H3. The predicted molar refractivity (Wildman–Crippen MR) is 73.8 cm³/mol. The normalized spacial score (nSPS) is 14.5. The number of pyridine rings is 1. The Bertz CT molecular complexity index is 399. The molecule has 1 heterocycles. The Kier molecular flexibility index (Phi) is 4.76. The van der Waals surface area contributed by atoms with Crippen LogP contribution in [0.4, 0.5) is 0 Å². The van der Waals surface area contributed by atoms with Gasteiger partial charge in [0, 0.05) is 24.3 Å². The summed E-state index contributed by atoms with van der Waals surface area (Å²) in [7, 11) is 0. The summed E-state index contributed by atoms with van der Waals surface area (Å²) in [4.78, 5) is 4.48. The van der Waals surface area contributed by atoms with Crippen molar-refractivity contribution in [2.24, 2.45) is 0 Å². The molecule has 0 amide bonds. The van der Waals surface area contributed by atoms with Crippen LogP contribution < -0.4 is 10.1 Å². The average molecular weight is 246 g/mol. The molecule has 1 saturated carbocycles. The molecule has 0 aromatic carbocycles. The molecule has 1 fully saturated rings. The van der Waals surface area contributed by atoms with Gasteiger partial charge in [0.25, 0.3) is 0 Å². The van der Waals surface area contributed by atoms with E-state index in [4.69, 9.17) is 4.74 Å². The van der Waals surface area contributed by atoms with Gasteiger partial charge in [-0.05, 0) is 37.3 Å². The summed E-state index contributed by atoms with van der Waals surface area (Å²) < 4.78 is 5.64. The quantitative estimate of drug-likeness (QED) is 0.566. The third-order valence-electron chi connectivity index (χ3n) is 3.02. The fraction of sp³-hybridized carbons (Fsp3) is 0.533. The van der Waals surface area contributed by atoms with Crippen LogP contribution >= 0.6 is 0 Å². The molecule has 0 bridgehead atoms. The molecule has 0 radical (unpaired) electrons. The second kappa shape index (κ2) is 6.55. The van der Waals surface area contributed by atoms with Gasteiger partial charge < -0.3 is 10.1 Å². The molecule has 3 nitrogen and oxygen atoms in total. The van der Waals surface area contributed by atoms with E-state index >= 15 is 0 Å². The smallest absolute Gasteiger partial charge is 0.213 e.